The van der Waals surface area contributed by atoms with Crippen molar-refractivity contribution < 1.29 is 0 Å². The van der Waals surface area contributed by atoms with Gasteiger partial charge in [-0.05, 0) is 147 Å². The predicted octanol–water partition coefficient (Wildman–Crippen LogP) is 18.1. The maximum absolute atomic E-state index is 2.55. The van der Waals surface area contributed by atoms with E-state index in [2.05, 4.69) is 265 Å². The zero-order valence-electron chi connectivity index (χ0n) is 39.0. The Kier molecular flexibility index (Phi) is 8.82. The molecule has 3 aliphatic carbocycles. The highest BCUT2D eigenvalue weighted by atomic mass is 32.1. The van der Waals surface area contributed by atoms with E-state index in [0.29, 0.717) is 0 Å². The largest absolute Gasteiger partial charge is 0.310 e. The number of rotatable bonds is 7. The van der Waals surface area contributed by atoms with Crippen molar-refractivity contribution in [2.45, 2.75) is 23.7 Å². The third-order valence-electron chi connectivity index (χ3n) is 16.0. The van der Waals surface area contributed by atoms with Gasteiger partial charge in [-0.2, -0.15) is 0 Å². The van der Waals surface area contributed by atoms with Crippen LogP contribution in [0, 0.1) is 0 Å². The average molecular weight is 923 g/mol. The quantitative estimate of drug-likeness (QED) is 0.157. The van der Waals surface area contributed by atoms with E-state index < -0.39 is 10.8 Å². The molecule has 0 amide bonds. The third-order valence-corrected chi connectivity index (χ3v) is 17.1. The van der Waals surface area contributed by atoms with Crippen LogP contribution in [0.4, 0.5) is 34.1 Å². The Labute approximate surface area is 418 Å². The van der Waals surface area contributed by atoms with Crippen LogP contribution in [-0.2, 0) is 10.8 Å². The highest BCUT2D eigenvalue weighted by Gasteiger charge is 2.53. The van der Waals surface area contributed by atoms with Crippen molar-refractivity contribution in [3.05, 3.63) is 305 Å². The molecule has 0 radical (unpaired) electrons. The lowest BCUT2D eigenvalue weighted by Crippen LogP contribution is -2.36. The van der Waals surface area contributed by atoms with Crippen molar-refractivity contribution in [3.8, 4) is 11.1 Å². The van der Waals surface area contributed by atoms with E-state index in [4.69, 9.17) is 0 Å². The Bertz CT molecular complexity index is 3960. The Hall–Kier alpha value is -8.50. The molecule has 3 heteroatoms. The summed E-state index contributed by atoms with van der Waals surface area (Å²) in [5.74, 6) is 0. The first-order chi connectivity index (χ1) is 35.2. The van der Waals surface area contributed by atoms with Crippen LogP contribution in [0.5, 0.6) is 0 Å². The molecular weight excluding hydrogens is 877 g/mol. The van der Waals surface area contributed by atoms with Crippen molar-refractivity contribution in [1.29, 1.82) is 0 Å². The summed E-state index contributed by atoms with van der Waals surface area (Å²) in [6.07, 6.45) is 6.79. The van der Waals surface area contributed by atoms with E-state index in [-0.39, 0.29) is 0 Å². The van der Waals surface area contributed by atoms with E-state index >= 15 is 0 Å². The summed E-state index contributed by atoms with van der Waals surface area (Å²) in [6.45, 7) is 0. The number of allylic oxidation sites excluding steroid dienone is 4. The number of anilines is 6. The van der Waals surface area contributed by atoms with E-state index in [9.17, 15) is 0 Å². The van der Waals surface area contributed by atoms with Gasteiger partial charge in [0.2, 0.25) is 0 Å². The standard InChI is InChI=1S/C68H46N2S/c1-5-20-45(21-6-1)67(46-22-7-2-8-23-46)58-31-15-13-28-52(58)53-39-36-50(43-60(53)67)69(49-38-41-65-57(42-49)55-29-14-18-35-64(55)71-65)51-37-40-54-56-30-19-34-63-66(56)68(61(54)44-51,47-24-9-3-10-25-47)59-32-16-17-33-62(59)70(63)48-26-11-4-12-27-48/h1-14,16-30,32-44H,15,31H2. The van der Waals surface area contributed by atoms with Gasteiger partial charge in [0, 0.05) is 48.5 Å². The van der Waals surface area contributed by atoms with Gasteiger partial charge in [-0.15, -0.1) is 11.3 Å². The molecule has 334 valence electrons. The fraction of sp³-hybridized carbons (Fsp3) is 0.0588. The monoisotopic (exact) mass is 922 g/mol. The zero-order chi connectivity index (χ0) is 46.7. The fourth-order valence-corrected chi connectivity index (χ4v) is 14.4. The number of nitrogens with zero attached hydrogens (tertiary/aromatic N) is 2. The molecule has 1 atom stereocenters. The molecule has 10 aromatic carbocycles. The van der Waals surface area contributed by atoms with Gasteiger partial charge in [-0.1, -0.05) is 182 Å². The first-order valence-electron chi connectivity index (χ1n) is 24.9. The number of hydrogen-bond donors (Lipinski definition) is 0. The lowest BCUT2D eigenvalue weighted by atomic mass is 9.65. The van der Waals surface area contributed by atoms with E-state index in [1.807, 2.05) is 11.3 Å². The normalized spacial score (nSPS) is 16.6. The van der Waals surface area contributed by atoms with Gasteiger partial charge in [0.05, 0.1) is 22.2 Å². The molecule has 0 bridgehead atoms. The fourth-order valence-electron chi connectivity index (χ4n) is 13.3. The minimum atomic E-state index is -0.595. The number of para-hydroxylation sites is 2. The summed E-state index contributed by atoms with van der Waals surface area (Å²) in [4.78, 5) is 5.03. The van der Waals surface area contributed by atoms with Gasteiger partial charge in [-0.25, -0.2) is 0 Å². The number of benzene rings is 10. The highest BCUT2D eigenvalue weighted by molar-refractivity contribution is 7.25. The van der Waals surface area contributed by atoms with Crippen LogP contribution in [0.2, 0.25) is 0 Å². The Balaban J connectivity index is 1.02. The van der Waals surface area contributed by atoms with Crippen molar-refractivity contribution in [3.63, 3.8) is 0 Å². The van der Waals surface area contributed by atoms with Crippen LogP contribution in [-0.4, -0.2) is 0 Å². The first kappa shape index (κ1) is 40.4. The molecule has 15 rings (SSSR count). The Morgan fingerprint density at radius 2 is 0.972 bits per heavy atom. The van der Waals surface area contributed by atoms with Gasteiger partial charge in [0.1, 0.15) is 0 Å². The molecular formula is C68H46N2S. The van der Waals surface area contributed by atoms with Gasteiger partial charge < -0.3 is 9.80 Å². The summed E-state index contributed by atoms with van der Waals surface area (Å²) >= 11 is 1.87. The highest BCUT2D eigenvalue weighted by Crippen LogP contribution is 2.66. The van der Waals surface area contributed by atoms with Crippen molar-refractivity contribution in [2.24, 2.45) is 0 Å². The molecule has 0 saturated heterocycles. The minimum absolute atomic E-state index is 0.461. The molecule has 0 fully saturated rings. The Morgan fingerprint density at radius 3 is 1.70 bits per heavy atom. The van der Waals surface area contributed by atoms with E-state index in [1.165, 1.54) is 98.3 Å². The van der Waals surface area contributed by atoms with Gasteiger partial charge in [0.15, 0.2) is 0 Å². The molecule has 0 N–H and O–H groups in total. The number of thiophene rings is 1. The van der Waals surface area contributed by atoms with Crippen LogP contribution in [0.3, 0.4) is 0 Å². The number of hydrogen-bond acceptors (Lipinski definition) is 3. The molecule has 71 heavy (non-hydrogen) atoms. The second-order valence-corrected chi connectivity index (χ2v) is 20.5. The Morgan fingerprint density at radius 1 is 0.408 bits per heavy atom. The molecule has 11 aromatic rings. The summed E-state index contributed by atoms with van der Waals surface area (Å²) in [6, 6.07) is 91.4. The molecule has 1 unspecified atom stereocenters. The van der Waals surface area contributed by atoms with Crippen LogP contribution >= 0.6 is 11.3 Å². The van der Waals surface area contributed by atoms with Gasteiger partial charge in [0.25, 0.3) is 0 Å². The second kappa shape index (κ2) is 15.5. The van der Waals surface area contributed by atoms with Gasteiger partial charge in [-0.3, -0.25) is 0 Å². The molecule has 0 spiro atoms. The van der Waals surface area contributed by atoms with E-state index in [0.717, 1.165) is 35.6 Å². The summed E-state index contributed by atoms with van der Waals surface area (Å²) in [7, 11) is 0. The average Bonchev–Trinajstić information content (AvgIpc) is 4.08. The van der Waals surface area contributed by atoms with Crippen molar-refractivity contribution in [1.82, 2.24) is 0 Å². The molecule has 2 nitrogen and oxygen atoms in total. The summed E-state index contributed by atoms with van der Waals surface area (Å²) < 4.78 is 2.60. The van der Waals surface area contributed by atoms with Crippen LogP contribution < -0.4 is 9.80 Å². The lowest BCUT2D eigenvalue weighted by molar-refractivity contribution is 0.696. The van der Waals surface area contributed by atoms with Crippen LogP contribution in [0.15, 0.2) is 260 Å². The molecule has 4 aliphatic rings. The maximum Gasteiger partial charge on any atom is 0.0755 e. The summed E-state index contributed by atoms with van der Waals surface area (Å²) in [5, 5.41) is 2.57. The van der Waals surface area contributed by atoms with Crippen molar-refractivity contribution >= 4 is 71.2 Å². The zero-order valence-corrected chi connectivity index (χ0v) is 39.8. The lowest BCUT2D eigenvalue weighted by Gasteiger charge is -2.44. The van der Waals surface area contributed by atoms with Crippen molar-refractivity contribution in [2.75, 3.05) is 9.80 Å². The molecule has 0 saturated carbocycles. The van der Waals surface area contributed by atoms with Gasteiger partial charge >= 0.3 is 0 Å². The minimum Gasteiger partial charge on any atom is -0.310 e. The topological polar surface area (TPSA) is 6.48 Å². The molecule has 1 aromatic heterocycles. The van der Waals surface area contributed by atoms with Crippen LogP contribution in [0.25, 0.3) is 36.9 Å². The number of fused-ring (bicyclic) bond motifs is 10. The SMILES string of the molecule is C1=CC2=C(CC1)C(c1ccccc1)(c1ccccc1)c1cc(N(c3ccc4c(c3)C3(c5ccccc5)c5ccccc5N(c5ccccc5)c5cccc-4c53)c3ccc4sc5ccccc5c4c3)ccc12. The van der Waals surface area contributed by atoms with E-state index in [1.54, 1.807) is 0 Å². The first-order valence-corrected chi connectivity index (χ1v) is 25.7. The molecule has 2 heterocycles. The van der Waals surface area contributed by atoms with Crippen LogP contribution in [0.1, 0.15) is 57.3 Å². The third kappa shape index (κ3) is 5.58. The maximum atomic E-state index is 2.55. The predicted molar refractivity (Wildman–Crippen MR) is 298 cm³/mol. The smallest absolute Gasteiger partial charge is 0.0755 e. The summed E-state index contributed by atoms with van der Waals surface area (Å²) in [5.41, 5.74) is 21.7. The second-order valence-electron chi connectivity index (χ2n) is 19.4. The molecule has 1 aliphatic heterocycles.